The zero-order valence-corrected chi connectivity index (χ0v) is 17.0. The number of nitrogen functional groups attached to an aromatic ring is 1. The topological polar surface area (TPSA) is 92.4 Å². The van der Waals surface area contributed by atoms with Gasteiger partial charge >= 0.3 is 5.97 Å². The van der Waals surface area contributed by atoms with Crippen LogP contribution in [-0.2, 0) is 9.59 Å². The van der Waals surface area contributed by atoms with Gasteiger partial charge in [-0.15, -0.1) is 0 Å². The molecule has 1 atom stereocenters. The number of nitrogens with two attached hydrogens (primary N) is 1. The van der Waals surface area contributed by atoms with Crippen LogP contribution >= 0.6 is 67.8 Å². The lowest BCUT2D eigenvalue weighted by molar-refractivity contribution is -0.138. The molecule has 5 nitrogen and oxygen atoms in total. The molecule has 1 aromatic rings. The van der Waals surface area contributed by atoms with E-state index in [2.05, 4.69) is 73.1 Å². The summed E-state index contributed by atoms with van der Waals surface area (Å²) in [5.74, 6) is -1.30. The molecule has 4 N–H and O–H groups in total. The predicted molar refractivity (Wildman–Crippen MR) is 104 cm³/mol. The van der Waals surface area contributed by atoms with E-state index in [4.69, 9.17) is 10.8 Å². The highest BCUT2D eigenvalue weighted by atomic mass is 127. The number of carbonyl (C=O) groups excluding carboxylic acids is 1. The fraction of sp³-hybridized carbons (Fsp3) is 0.333. The third-order valence-corrected chi connectivity index (χ3v) is 5.39. The molecule has 0 fully saturated rings. The summed E-state index contributed by atoms with van der Waals surface area (Å²) >= 11 is 6.39. The summed E-state index contributed by atoms with van der Waals surface area (Å²) in [7, 11) is 0. The molecule has 1 unspecified atom stereocenters. The van der Waals surface area contributed by atoms with Crippen LogP contribution in [0.15, 0.2) is 6.07 Å². The van der Waals surface area contributed by atoms with E-state index in [9.17, 15) is 9.59 Å². The summed E-state index contributed by atoms with van der Waals surface area (Å²) < 4.78 is 2.65. The number of aliphatic carboxylic acids is 1. The summed E-state index contributed by atoms with van der Waals surface area (Å²) in [4.78, 5) is 22.5. The van der Waals surface area contributed by atoms with Gasteiger partial charge in [0.2, 0.25) is 5.91 Å². The maximum absolute atomic E-state index is 12.0. The molecule has 20 heavy (non-hydrogen) atoms. The van der Waals surface area contributed by atoms with Crippen molar-refractivity contribution < 1.29 is 14.7 Å². The van der Waals surface area contributed by atoms with Gasteiger partial charge in [-0.25, -0.2) is 0 Å². The van der Waals surface area contributed by atoms with Gasteiger partial charge in [-0.2, -0.15) is 0 Å². The average Bonchev–Trinajstić information content (AvgIpc) is 2.30. The van der Waals surface area contributed by atoms with Crippen LogP contribution in [0.1, 0.15) is 19.8 Å². The number of benzene rings is 1. The highest BCUT2D eigenvalue weighted by Crippen LogP contribution is 2.33. The Morgan fingerprint density at radius 1 is 1.30 bits per heavy atom. The van der Waals surface area contributed by atoms with Gasteiger partial charge in [0.1, 0.15) is 0 Å². The predicted octanol–water partition coefficient (Wildman–Crippen LogP) is 3.52. The van der Waals surface area contributed by atoms with E-state index >= 15 is 0 Å². The second kappa shape index (κ2) is 7.96. The molecule has 0 aromatic heterocycles. The normalized spacial score (nSPS) is 12.0. The van der Waals surface area contributed by atoms with Gasteiger partial charge in [0.05, 0.1) is 14.9 Å². The molecule has 110 valence electrons. The van der Waals surface area contributed by atoms with E-state index in [1.54, 1.807) is 6.92 Å². The molecule has 0 bridgehead atoms. The van der Waals surface area contributed by atoms with E-state index < -0.39 is 5.97 Å². The molecule has 0 heterocycles. The third kappa shape index (κ3) is 5.16. The molecule has 1 rings (SSSR count). The Morgan fingerprint density at radius 2 is 1.90 bits per heavy atom. The molecule has 1 aromatic carbocycles. The lowest BCUT2D eigenvalue weighted by Gasteiger charge is -2.14. The van der Waals surface area contributed by atoms with Crippen LogP contribution in [0, 0.1) is 16.6 Å². The molecule has 0 spiro atoms. The molecule has 1 amide bonds. The minimum Gasteiger partial charge on any atom is -0.481 e. The smallest absolute Gasteiger partial charge is 0.303 e. The van der Waals surface area contributed by atoms with Gasteiger partial charge in [0.25, 0.3) is 0 Å². The van der Waals surface area contributed by atoms with Crippen molar-refractivity contribution in [3.63, 3.8) is 0 Å². The molecule has 0 aliphatic carbocycles. The van der Waals surface area contributed by atoms with Gasteiger partial charge in [-0.05, 0) is 79.8 Å². The van der Waals surface area contributed by atoms with E-state index in [1.165, 1.54) is 0 Å². The maximum Gasteiger partial charge on any atom is 0.303 e. The number of nitrogens with one attached hydrogen (secondary N) is 1. The fourth-order valence-corrected chi connectivity index (χ4v) is 5.24. The monoisotopic (exact) mass is 614 g/mol. The number of hydrogen-bond donors (Lipinski definition) is 3. The summed E-state index contributed by atoms with van der Waals surface area (Å²) in [5, 5.41) is 11.5. The first-order valence-electron chi connectivity index (χ1n) is 5.67. The Bertz CT molecular complexity index is 549. The van der Waals surface area contributed by atoms with Crippen LogP contribution in [-0.4, -0.2) is 17.0 Å². The highest BCUT2D eigenvalue weighted by molar-refractivity contribution is 14.1. The van der Waals surface area contributed by atoms with E-state index in [0.717, 1.165) is 10.7 Å². The Labute approximate surface area is 157 Å². The average molecular weight is 614 g/mol. The number of carbonyl (C=O) groups is 2. The van der Waals surface area contributed by atoms with E-state index in [1.807, 2.05) is 6.07 Å². The SMILES string of the molecule is CC(CC(=O)O)CC(=O)Nc1c(I)cc(I)c(N)c1I. The van der Waals surface area contributed by atoms with Crippen LogP contribution in [0.25, 0.3) is 0 Å². The lowest BCUT2D eigenvalue weighted by atomic mass is 10.0. The van der Waals surface area contributed by atoms with Crippen LogP contribution in [0.5, 0.6) is 0 Å². The standard InChI is InChI=1S/C12H13I3N2O3/c1-5(3-9(19)20)2-8(18)17-12-7(14)4-6(13)11(16)10(12)15/h4-5H,2-3,16H2,1H3,(H,17,18)(H,19,20). The Kier molecular flexibility index (Phi) is 7.24. The van der Waals surface area contributed by atoms with Crippen LogP contribution in [0.4, 0.5) is 11.4 Å². The van der Waals surface area contributed by atoms with Crippen molar-refractivity contribution in [3.05, 3.63) is 16.8 Å². The van der Waals surface area contributed by atoms with Gasteiger partial charge in [0.15, 0.2) is 0 Å². The molecular formula is C12H13I3N2O3. The zero-order valence-electron chi connectivity index (χ0n) is 10.5. The molecule has 0 saturated carbocycles. The summed E-state index contributed by atoms with van der Waals surface area (Å²) in [5.41, 5.74) is 7.28. The van der Waals surface area contributed by atoms with Crippen molar-refractivity contribution in [2.24, 2.45) is 5.92 Å². The highest BCUT2D eigenvalue weighted by Gasteiger charge is 2.17. The van der Waals surface area contributed by atoms with E-state index in [-0.39, 0.29) is 24.7 Å². The summed E-state index contributed by atoms with van der Waals surface area (Å²) in [6.45, 7) is 1.74. The van der Waals surface area contributed by atoms with Crippen molar-refractivity contribution >= 4 is 91.0 Å². The van der Waals surface area contributed by atoms with Crippen molar-refractivity contribution in [1.82, 2.24) is 0 Å². The molecule has 0 aliphatic rings. The lowest BCUT2D eigenvalue weighted by Crippen LogP contribution is -2.18. The quantitative estimate of drug-likeness (QED) is 0.350. The number of rotatable bonds is 5. The molecule has 0 saturated heterocycles. The minimum absolute atomic E-state index is 0.0174. The van der Waals surface area contributed by atoms with E-state index in [0.29, 0.717) is 11.4 Å². The van der Waals surface area contributed by atoms with Gasteiger partial charge in [0, 0.05) is 20.0 Å². The molecular weight excluding hydrogens is 601 g/mol. The Hall–Kier alpha value is 0.150. The van der Waals surface area contributed by atoms with Gasteiger partial charge in [-0.3, -0.25) is 9.59 Å². The first kappa shape index (κ1) is 18.2. The molecule has 8 heteroatoms. The first-order valence-corrected chi connectivity index (χ1v) is 8.90. The Morgan fingerprint density at radius 3 is 2.45 bits per heavy atom. The summed E-state index contributed by atoms with van der Waals surface area (Å²) in [6.07, 6.45) is 0.154. The number of anilines is 2. The zero-order chi connectivity index (χ0) is 15.4. The van der Waals surface area contributed by atoms with Crippen molar-refractivity contribution in [3.8, 4) is 0 Å². The second-order valence-corrected chi connectivity index (χ2v) is 7.80. The number of amides is 1. The molecule has 0 radical (unpaired) electrons. The Balaban J connectivity index is 2.81. The molecule has 0 aliphatic heterocycles. The van der Waals surface area contributed by atoms with Crippen LogP contribution < -0.4 is 11.1 Å². The number of carboxylic acid groups (broad SMARTS) is 1. The minimum atomic E-state index is -0.895. The maximum atomic E-state index is 12.0. The second-order valence-electron chi connectivity index (χ2n) is 4.40. The van der Waals surface area contributed by atoms with Crippen molar-refractivity contribution in [1.29, 1.82) is 0 Å². The largest absolute Gasteiger partial charge is 0.481 e. The van der Waals surface area contributed by atoms with Crippen LogP contribution in [0.3, 0.4) is 0 Å². The fourth-order valence-electron chi connectivity index (χ4n) is 1.60. The number of carboxylic acids is 1. The van der Waals surface area contributed by atoms with Crippen molar-refractivity contribution in [2.75, 3.05) is 11.1 Å². The van der Waals surface area contributed by atoms with Crippen molar-refractivity contribution in [2.45, 2.75) is 19.8 Å². The van der Waals surface area contributed by atoms with Gasteiger partial charge < -0.3 is 16.2 Å². The van der Waals surface area contributed by atoms with Gasteiger partial charge in [-0.1, -0.05) is 6.92 Å². The number of hydrogen-bond acceptors (Lipinski definition) is 3. The first-order chi connectivity index (χ1) is 9.22. The van der Waals surface area contributed by atoms with Crippen LogP contribution in [0.2, 0.25) is 0 Å². The number of halogens is 3. The third-order valence-electron chi connectivity index (χ3n) is 2.53. The summed E-state index contributed by atoms with van der Waals surface area (Å²) in [6, 6.07) is 1.90.